The second-order valence-electron chi connectivity index (χ2n) is 5.38. The highest BCUT2D eigenvalue weighted by atomic mass is 16.5. The van der Waals surface area contributed by atoms with Gasteiger partial charge in [0.15, 0.2) is 0 Å². The predicted molar refractivity (Wildman–Crippen MR) is 65.1 cm³/mol. The van der Waals surface area contributed by atoms with Crippen molar-refractivity contribution in [2.45, 2.75) is 59.0 Å². The van der Waals surface area contributed by atoms with Gasteiger partial charge in [-0.3, -0.25) is 4.90 Å². The third-order valence-electron chi connectivity index (χ3n) is 3.93. The first-order chi connectivity index (χ1) is 7.03. The molecule has 1 atom stereocenters. The molecular weight excluding hydrogens is 186 g/mol. The van der Waals surface area contributed by atoms with Gasteiger partial charge in [-0.15, -0.1) is 0 Å². The molecule has 1 unspecified atom stereocenters. The Hall–Kier alpha value is -0.0800. The second-order valence-corrected chi connectivity index (χ2v) is 5.38. The summed E-state index contributed by atoms with van der Waals surface area (Å²) < 4.78 is 5.57. The smallest absolute Gasteiger partial charge is 0.0645 e. The average molecular weight is 213 g/mol. The first-order valence-electron chi connectivity index (χ1n) is 6.37. The van der Waals surface area contributed by atoms with Crippen molar-refractivity contribution in [3.05, 3.63) is 0 Å². The molecule has 0 aromatic rings. The van der Waals surface area contributed by atoms with Gasteiger partial charge in [0.2, 0.25) is 0 Å². The van der Waals surface area contributed by atoms with Crippen molar-refractivity contribution >= 4 is 0 Å². The molecule has 0 aliphatic carbocycles. The van der Waals surface area contributed by atoms with Gasteiger partial charge in [-0.25, -0.2) is 0 Å². The fourth-order valence-electron chi connectivity index (χ4n) is 2.85. The minimum Gasteiger partial charge on any atom is -0.378 e. The lowest BCUT2D eigenvalue weighted by Gasteiger charge is -2.47. The Morgan fingerprint density at radius 1 is 1.27 bits per heavy atom. The molecule has 1 fully saturated rings. The summed E-state index contributed by atoms with van der Waals surface area (Å²) >= 11 is 0. The Labute approximate surface area is 95.0 Å². The van der Waals surface area contributed by atoms with E-state index >= 15 is 0 Å². The van der Waals surface area contributed by atoms with Gasteiger partial charge >= 0.3 is 0 Å². The number of nitrogens with zero attached hydrogens (tertiary/aromatic N) is 1. The van der Waals surface area contributed by atoms with Crippen LogP contribution in [0.4, 0.5) is 0 Å². The molecule has 0 saturated carbocycles. The van der Waals surface area contributed by atoms with E-state index < -0.39 is 0 Å². The summed E-state index contributed by atoms with van der Waals surface area (Å²) in [4.78, 5) is 2.63. The van der Waals surface area contributed by atoms with E-state index in [1.165, 1.54) is 12.8 Å². The quantitative estimate of drug-likeness (QED) is 0.712. The van der Waals surface area contributed by atoms with Gasteiger partial charge < -0.3 is 4.74 Å². The molecule has 0 radical (unpaired) electrons. The van der Waals surface area contributed by atoms with Crippen LogP contribution in [0.15, 0.2) is 0 Å². The van der Waals surface area contributed by atoms with Crippen molar-refractivity contribution < 1.29 is 4.74 Å². The van der Waals surface area contributed by atoms with E-state index in [9.17, 15) is 0 Å². The molecule has 1 aliphatic rings. The molecule has 2 nitrogen and oxygen atoms in total. The highest BCUT2D eigenvalue weighted by Gasteiger charge is 2.35. The second kappa shape index (κ2) is 5.31. The molecule has 0 amide bonds. The zero-order valence-electron chi connectivity index (χ0n) is 11.0. The molecule has 0 aromatic carbocycles. The number of morpholine rings is 1. The molecule has 1 rings (SSSR count). The van der Waals surface area contributed by atoms with E-state index in [4.69, 9.17) is 4.74 Å². The third kappa shape index (κ3) is 2.94. The minimum absolute atomic E-state index is 0.209. The van der Waals surface area contributed by atoms with Crippen LogP contribution >= 0.6 is 0 Å². The monoisotopic (exact) mass is 213 g/mol. The molecule has 15 heavy (non-hydrogen) atoms. The normalized spacial score (nSPS) is 24.4. The number of hydrogen-bond acceptors (Lipinski definition) is 2. The van der Waals surface area contributed by atoms with Gasteiger partial charge in [0.25, 0.3) is 0 Å². The lowest BCUT2D eigenvalue weighted by Crippen LogP contribution is -2.58. The summed E-state index contributed by atoms with van der Waals surface area (Å²) in [5.41, 5.74) is 0.209. The highest BCUT2D eigenvalue weighted by Crippen LogP contribution is 2.27. The Morgan fingerprint density at radius 2 is 1.87 bits per heavy atom. The Morgan fingerprint density at radius 3 is 2.33 bits per heavy atom. The van der Waals surface area contributed by atoms with Crippen LogP contribution in [-0.4, -0.2) is 36.2 Å². The van der Waals surface area contributed by atoms with Gasteiger partial charge in [-0.1, -0.05) is 26.7 Å². The van der Waals surface area contributed by atoms with Crippen molar-refractivity contribution in [2.75, 3.05) is 19.8 Å². The molecule has 1 heterocycles. The lowest BCUT2D eigenvalue weighted by atomic mass is 9.90. The van der Waals surface area contributed by atoms with Crippen molar-refractivity contribution in [2.24, 2.45) is 5.92 Å². The number of ether oxygens (including phenoxy) is 1. The molecule has 2 heteroatoms. The van der Waals surface area contributed by atoms with Crippen LogP contribution in [0.1, 0.15) is 47.5 Å². The number of rotatable bonds is 4. The maximum atomic E-state index is 5.57. The lowest BCUT2D eigenvalue weighted by molar-refractivity contribution is -0.0796. The average Bonchev–Trinajstić information content (AvgIpc) is 2.18. The van der Waals surface area contributed by atoms with E-state index in [2.05, 4.69) is 39.5 Å². The first-order valence-corrected chi connectivity index (χ1v) is 6.37. The van der Waals surface area contributed by atoms with Crippen molar-refractivity contribution in [1.82, 2.24) is 4.90 Å². The maximum Gasteiger partial charge on any atom is 0.0645 e. The van der Waals surface area contributed by atoms with Crippen LogP contribution in [-0.2, 0) is 4.74 Å². The Bertz CT molecular complexity index is 187. The van der Waals surface area contributed by atoms with E-state index in [0.717, 1.165) is 25.7 Å². The van der Waals surface area contributed by atoms with Gasteiger partial charge in [0, 0.05) is 18.1 Å². The van der Waals surface area contributed by atoms with Crippen molar-refractivity contribution in [1.29, 1.82) is 0 Å². The molecular formula is C13H27NO. The molecule has 90 valence electrons. The van der Waals surface area contributed by atoms with Crippen LogP contribution in [0.25, 0.3) is 0 Å². The summed E-state index contributed by atoms with van der Waals surface area (Å²) in [5, 5.41) is 0. The van der Waals surface area contributed by atoms with E-state index in [1.54, 1.807) is 0 Å². The van der Waals surface area contributed by atoms with Crippen LogP contribution in [0.5, 0.6) is 0 Å². The molecule has 0 N–H and O–H groups in total. The fraction of sp³-hybridized carbons (Fsp3) is 1.00. The predicted octanol–water partition coefficient (Wildman–Crippen LogP) is 2.92. The van der Waals surface area contributed by atoms with Gasteiger partial charge in [-0.2, -0.15) is 0 Å². The first kappa shape index (κ1) is 13.0. The van der Waals surface area contributed by atoms with Crippen LogP contribution in [0.2, 0.25) is 0 Å². The topological polar surface area (TPSA) is 12.5 Å². The summed E-state index contributed by atoms with van der Waals surface area (Å²) in [6.45, 7) is 14.4. The number of hydrogen-bond donors (Lipinski definition) is 0. The molecule has 0 bridgehead atoms. The van der Waals surface area contributed by atoms with Crippen molar-refractivity contribution in [3.63, 3.8) is 0 Å². The molecule has 0 spiro atoms. The van der Waals surface area contributed by atoms with E-state index in [0.29, 0.717) is 6.04 Å². The largest absolute Gasteiger partial charge is 0.378 e. The zero-order chi connectivity index (χ0) is 11.5. The van der Waals surface area contributed by atoms with Crippen molar-refractivity contribution in [3.8, 4) is 0 Å². The van der Waals surface area contributed by atoms with Gasteiger partial charge in [-0.05, 0) is 26.7 Å². The van der Waals surface area contributed by atoms with Gasteiger partial charge in [0.1, 0.15) is 0 Å². The standard InChI is InChI=1S/C13H27NO/c1-6-12(7-2)11(3)14-8-9-15-10-13(14,4)5/h11-12H,6-10H2,1-5H3. The Balaban J connectivity index is 2.67. The summed E-state index contributed by atoms with van der Waals surface area (Å²) in [6.07, 6.45) is 2.57. The fourth-order valence-corrected chi connectivity index (χ4v) is 2.85. The van der Waals surface area contributed by atoms with Crippen LogP contribution in [0.3, 0.4) is 0 Å². The maximum absolute atomic E-state index is 5.57. The van der Waals surface area contributed by atoms with Gasteiger partial charge in [0.05, 0.1) is 13.2 Å². The minimum atomic E-state index is 0.209. The summed E-state index contributed by atoms with van der Waals surface area (Å²) in [7, 11) is 0. The molecule has 1 aliphatic heterocycles. The zero-order valence-corrected chi connectivity index (χ0v) is 11.0. The molecule has 1 saturated heterocycles. The van der Waals surface area contributed by atoms with E-state index in [-0.39, 0.29) is 5.54 Å². The Kier molecular flexibility index (Phi) is 4.60. The summed E-state index contributed by atoms with van der Waals surface area (Å²) in [6, 6.07) is 0.680. The van der Waals surface area contributed by atoms with Crippen LogP contribution < -0.4 is 0 Å². The summed E-state index contributed by atoms with van der Waals surface area (Å²) in [5.74, 6) is 0.822. The third-order valence-corrected chi connectivity index (χ3v) is 3.93. The highest BCUT2D eigenvalue weighted by molar-refractivity contribution is 4.89. The van der Waals surface area contributed by atoms with Crippen LogP contribution in [0, 0.1) is 5.92 Å². The molecule has 0 aromatic heterocycles. The SMILES string of the molecule is CCC(CC)C(C)N1CCOCC1(C)C. The van der Waals surface area contributed by atoms with E-state index in [1.807, 2.05) is 0 Å².